The number of carboxylic acids is 1. The van der Waals surface area contributed by atoms with Crippen molar-refractivity contribution in [3.63, 3.8) is 0 Å². The third-order valence-electron chi connectivity index (χ3n) is 1.21. The molecular formula is C4H5O6P. The van der Waals surface area contributed by atoms with Crippen LogP contribution in [-0.4, -0.2) is 17.6 Å². The van der Waals surface area contributed by atoms with Gasteiger partial charge in [0.05, 0.1) is 0 Å². The van der Waals surface area contributed by atoms with E-state index in [2.05, 4.69) is 11.1 Å². The van der Waals surface area contributed by atoms with E-state index in [1.54, 1.807) is 0 Å². The van der Waals surface area contributed by atoms with Gasteiger partial charge in [-0.15, -0.1) is 0 Å². The number of carbonyl (C=O) groups is 1. The molecule has 11 heavy (non-hydrogen) atoms. The molecule has 0 atom stereocenters. The Morgan fingerprint density at radius 2 is 2.09 bits per heavy atom. The van der Waals surface area contributed by atoms with Crippen molar-refractivity contribution in [3.05, 3.63) is 12.3 Å². The van der Waals surface area contributed by atoms with Gasteiger partial charge in [-0.1, -0.05) is 0 Å². The fourth-order valence-electron chi connectivity index (χ4n) is 0.647. The van der Waals surface area contributed by atoms with Gasteiger partial charge in [0, 0.05) is 0 Å². The first-order valence-electron chi connectivity index (χ1n) is 2.76. The van der Waals surface area contributed by atoms with Crippen molar-refractivity contribution in [3.8, 4) is 0 Å². The van der Waals surface area contributed by atoms with Gasteiger partial charge in [-0.2, -0.15) is 0 Å². The van der Waals surface area contributed by atoms with Crippen LogP contribution in [0.4, 0.5) is 0 Å². The number of aliphatic carboxylic acids is 1. The average Bonchev–Trinajstić information content (AvgIpc) is 1.74. The van der Waals surface area contributed by atoms with Crippen molar-refractivity contribution in [1.29, 1.82) is 0 Å². The predicted octanol–water partition coefficient (Wildman–Crippen LogP) is 0.372. The molecule has 0 amide bonds. The number of carboxylic acid groups (broad SMARTS) is 1. The molecule has 0 aliphatic carbocycles. The Morgan fingerprint density at radius 1 is 1.55 bits per heavy atom. The Kier molecular flexibility index (Phi) is 1.22. The Bertz CT molecular complexity index is 220. The first kappa shape index (κ1) is 7.00. The minimum atomic E-state index is -2.96. The van der Waals surface area contributed by atoms with Crippen LogP contribution in [0.25, 0.3) is 0 Å². The number of hydrogen-bond acceptors (Lipinski definition) is 5. The maximum absolute atomic E-state index is 10.2. The van der Waals surface area contributed by atoms with Crippen LogP contribution >= 0.6 is 8.17 Å². The fraction of sp³-hybridized carbons (Fsp3) is 0.250. The molecule has 3 aliphatic heterocycles. The summed E-state index contributed by atoms with van der Waals surface area (Å²) in [6.07, 6.45) is 0. The summed E-state index contributed by atoms with van der Waals surface area (Å²) in [6.45, 7) is 2.48. The normalized spacial score (nSPS) is 32.5. The SMILES string of the molecule is C=C(O[PH]12OC(O1)O2)C(=O)O. The summed E-state index contributed by atoms with van der Waals surface area (Å²) in [5.74, 6) is -1.67. The molecular weight excluding hydrogens is 175 g/mol. The van der Waals surface area contributed by atoms with Crippen LogP contribution in [0, 0.1) is 0 Å². The summed E-state index contributed by atoms with van der Waals surface area (Å²) in [5.41, 5.74) is 0. The molecule has 62 valence electrons. The molecule has 3 saturated heterocycles. The molecule has 6 nitrogen and oxygen atoms in total. The second kappa shape index (κ2) is 1.92. The van der Waals surface area contributed by atoms with Crippen molar-refractivity contribution in [1.82, 2.24) is 0 Å². The van der Waals surface area contributed by atoms with Crippen molar-refractivity contribution in [2.45, 2.75) is 6.48 Å². The second-order valence-corrected chi connectivity index (χ2v) is 3.88. The molecule has 0 unspecified atom stereocenters. The zero-order valence-corrected chi connectivity index (χ0v) is 6.27. The van der Waals surface area contributed by atoms with Gasteiger partial charge in [0.1, 0.15) is 0 Å². The van der Waals surface area contributed by atoms with E-state index in [0.29, 0.717) is 0 Å². The van der Waals surface area contributed by atoms with Gasteiger partial charge in [-0.25, -0.2) is 0 Å². The molecule has 0 aromatic heterocycles. The van der Waals surface area contributed by atoms with Gasteiger partial charge >= 0.3 is 60.9 Å². The molecule has 7 heteroatoms. The summed E-state index contributed by atoms with van der Waals surface area (Å²) in [6, 6.07) is 0. The monoisotopic (exact) mass is 180 g/mol. The van der Waals surface area contributed by atoms with Gasteiger partial charge < -0.3 is 0 Å². The first-order valence-corrected chi connectivity index (χ1v) is 4.39. The minimum absolute atomic E-state index is 0.421. The number of rotatable bonds is 3. The molecule has 0 aromatic carbocycles. The second-order valence-electron chi connectivity index (χ2n) is 1.97. The van der Waals surface area contributed by atoms with Crippen LogP contribution in [0.15, 0.2) is 12.3 Å². The van der Waals surface area contributed by atoms with E-state index in [-0.39, 0.29) is 0 Å². The summed E-state index contributed by atoms with van der Waals surface area (Å²) in [7, 11) is -2.96. The molecule has 3 aliphatic rings. The Hall–Kier alpha value is -0.680. The van der Waals surface area contributed by atoms with Gasteiger partial charge in [0.15, 0.2) is 0 Å². The summed E-state index contributed by atoms with van der Waals surface area (Å²) in [4.78, 5) is 10.2. The Morgan fingerprint density at radius 3 is 2.36 bits per heavy atom. The van der Waals surface area contributed by atoms with Crippen LogP contribution in [-0.2, 0) is 22.9 Å². The molecule has 0 spiro atoms. The van der Waals surface area contributed by atoms with Crippen LogP contribution in [0.3, 0.4) is 0 Å². The molecule has 2 bridgehead atoms. The molecule has 0 radical (unpaired) electrons. The first-order chi connectivity index (χ1) is 5.11. The van der Waals surface area contributed by atoms with Crippen molar-refractivity contribution in [2.75, 3.05) is 0 Å². The van der Waals surface area contributed by atoms with Crippen LogP contribution in [0.1, 0.15) is 0 Å². The van der Waals surface area contributed by atoms with E-state index in [1.807, 2.05) is 0 Å². The van der Waals surface area contributed by atoms with Crippen LogP contribution in [0.5, 0.6) is 0 Å². The maximum atomic E-state index is 10.2. The summed E-state index contributed by atoms with van der Waals surface area (Å²) < 4.78 is 19.0. The van der Waals surface area contributed by atoms with E-state index in [1.165, 1.54) is 0 Å². The standard InChI is InChI=1S/C4H5O6P/c1-2(3(5)6)7-11-8-4(9-11)10-11/h4,11H,1H2,(H,5,6). The van der Waals surface area contributed by atoms with Gasteiger partial charge in [0.25, 0.3) is 0 Å². The van der Waals surface area contributed by atoms with Crippen LogP contribution in [0.2, 0.25) is 0 Å². The zero-order chi connectivity index (χ0) is 8.06. The van der Waals surface area contributed by atoms with Crippen LogP contribution < -0.4 is 0 Å². The fourth-order valence-corrected chi connectivity index (χ4v) is 1.94. The van der Waals surface area contributed by atoms with Gasteiger partial charge in [-0.05, 0) is 0 Å². The van der Waals surface area contributed by atoms with Gasteiger partial charge in [0.2, 0.25) is 0 Å². The quantitative estimate of drug-likeness (QED) is 0.384. The average molecular weight is 180 g/mol. The summed E-state index contributed by atoms with van der Waals surface area (Å²) >= 11 is 0. The van der Waals surface area contributed by atoms with Crippen molar-refractivity contribution < 1.29 is 28.0 Å². The van der Waals surface area contributed by atoms with E-state index >= 15 is 0 Å². The Balaban J connectivity index is 1.90. The molecule has 0 aromatic rings. The predicted molar refractivity (Wildman–Crippen MR) is 33.2 cm³/mol. The molecule has 3 rings (SSSR count). The third kappa shape index (κ3) is 0.918. The topological polar surface area (TPSA) is 74.2 Å². The summed E-state index contributed by atoms with van der Waals surface area (Å²) in [5, 5.41) is 8.31. The van der Waals surface area contributed by atoms with Crippen molar-refractivity contribution in [2.24, 2.45) is 0 Å². The van der Waals surface area contributed by atoms with E-state index in [4.69, 9.17) is 18.7 Å². The Labute approximate surface area is 62.0 Å². The van der Waals surface area contributed by atoms with Crippen molar-refractivity contribution >= 4 is 14.1 Å². The molecule has 3 heterocycles. The molecule has 3 fully saturated rings. The number of hydrogen-bond donors (Lipinski definition) is 1. The zero-order valence-electron chi connectivity index (χ0n) is 5.27. The molecule has 1 N–H and O–H groups in total. The van der Waals surface area contributed by atoms with E-state index in [0.717, 1.165) is 0 Å². The van der Waals surface area contributed by atoms with Gasteiger partial charge in [-0.3, -0.25) is 0 Å². The third-order valence-corrected chi connectivity index (χ3v) is 3.15. The molecule has 0 saturated carbocycles. The van der Waals surface area contributed by atoms with E-state index in [9.17, 15) is 4.79 Å². The van der Waals surface area contributed by atoms with E-state index < -0.39 is 26.4 Å².